The molecule has 0 unspecified atom stereocenters. The summed E-state index contributed by atoms with van der Waals surface area (Å²) in [5, 5.41) is -0.345. The SMILES string of the molecule is CC(C)N(C[C@H]1O[C@@H](n2cnc3c(N)ncnc32)[C@@H]2OC(C)(C)O[C@@H]21)C1CC(CCc2nc3cc(Cl)c(C(F)(F)F)cc3[nH]2)C1. The van der Waals surface area contributed by atoms with Crippen LogP contribution in [0.1, 0.15) is 64.6 Å². The zero-order valence-corrected chi connectivity index (χ0v) is 26.1. The monoisotopic (exact) mass is 648 g/mol. The van der Waals surface area contributed by atoms with Crippen molar-refractivity contribution in [3.05, 3.63) is 41.2 Å². The van der Waals surface area contributed by atoms with Crippen LogP contribution in [0.2, 0.25) is 5.02 Å². The molecule has 15 heteroatoms. The zero-order valence-electron chi connectivity index (χ0n) is 25.4. The molecule has 242 valence electrons. The van der Waals surface area contributed by atoms with E-state index < -0.39 is 23.8 Å². The third kappa shape index (κ3) is 5.64. The number of anilines is 1. The maximum Gasteiger partial charge on any atom is 0.417 e. The number of alkyl halides is 3. The summed E-state index contributed by atoms with van der Waals surface area (Å²) in [6, 6.07) is 2.96. The first-order chi connectivity index (χ1) is 21.3. The lowest BCUT2D eigenvalue weighted by molar-refractivity contribution is -0.199. The molecule has 0 amide bonds. The summed E-state index contributed by atoms with van der Waals surface area (Å²) in [5.74, 6) is 0.692. The number of halogens is 4. The summed E-state index contributed by atoms with van der Waals surface area (Å²) in [5.41, 5.74) is 7.05. The van der Waals surface area contributed by atoms with Crippen LogP contribution in [0.5, 0.6) is 0 Å². The number of aromatic amines is 1. The number of nitrogens with zero attached hydrogens (tertiary/aromatic N) is 6. The van der Waals surface area contributed by atoms with Crippen LogP contribution in [-0.2, 0) is 26.8 Å². The number of nitrogens with two attached hydrogens (primary N) is 1. The van der Waals surface area contributed by atoms with E-state index in [4.69, 9.17) is 31.5 Å². The quantitative estimate of drug-likeness (QED) is 0.255. The van der Waals surface area contributed by atoms with E-state index in [-0.39, 0.29) is 29.4 Å². The third-order valence-corrected chi connectivity index (χ3v) is 9.55. The first-order valence-corrected chi connectivity index (χ1v) is 15.6. The normalized spacial score (nSPS) is 28.0. The minimum absolute atomic E-state index is 0.246. The van der Waals surface area contributed by atoms with E-state index in [0.717, 1.165) is 25.3 Å². The van der Waals surface area contributed by atoms with Gasteiger partial charge < -0.3 is 24.9 Å². The predicted octanol–water partition coefficient (Wildman–Crippen LogP) is 5.50. The van der Waals surface area contributed by atoms with Gasteiger partial charge in [0.15, 0.2) is 23.5 Å². The predicted molar refractivity (Wildman–Crippen MR) is 160 cm³/mol. The number of nitrogen functional groups attached to an aromatic ring is 1. The molecule has 45 heavy (non-hydrogen) atoms. The van der Waals surface area contributed by atoms with Gasteiger partial charge in [-0.15, -0.1) is 0 Å². The fourth-order valence-corrected chi connectivity index (χ4v) is 7.31. The smallest absolute Gasteiger partial charge is 0.382 e. The van der Waals surface area contributed by atoms with Crippen molar-refractivity contribution in [3.8, 4) is 0 Å². The number of ether oxygens (including phenoxy) is 3. The van der Waals surface area contributed by atoms with Gasteiger partial charge in [-0.05, 0) is 65.0 Å². The molecule has 2 saturated heterocycles. The highest BCUT2D eigenvalue weighted by Gasteiger charge is 2.57. The van der Waals surface area contributed by atoms with E-state index in [2.05, 4.69) is 43.7 Å². The van der Waals surface area contributed by atoms with Gasteiger partial charge in [-0.25, -0.2) is 19.9 Å². The van der Waals surface area contributed by atoms with Gasteiger partial charge in [-0.1, -0.05) is 11.6 Å². The summed E-state index contributed by atoms with van der Waals surface area (Å²) in [6.45, 7) is 8.86. The highest BCUT2D eigenvalue weighted by molar-refractivity contribution is 6.32. The molecular weight excluding hydrogens is 613 g/mol. The summed E-state index contributed by atoms with van der Waals surface area (Å²) >= 11 is 5.88. The van der Waals surface area contributed by atoms with E-state index in [9.17, 15) is 13.2 Å². The highest BCUT2D eigenvalue weighted by Crippen LogP contribution is 2.45. The largest absolute Gasteiger partial charge is 0.417 e. The number of rotatable bonds is 8. The highest BCUT2D eigenvalue weighted by atomic mass is 35.5. The van der Waals surface area contributed by atoms with Gasteiger partial charge in [0.05, 0.1) is 27.9 Å². The zero-order chi connectivity index (χ0) is 31.8. The lowest BCUT2D eigenvalue weighted by atomic mass is 9.76. The molecule has 0 radical (unpaired) electrons. The number of imidazole rings is 2. The van der Waals surface area contributed by atoms with Gasteiger partial charge in [-0.3, -0.25) is 9.47 Å². The van der Waals surface area contributed by atoms with Crippen molar-refractivity contribution in [1.29, 1.82) is 0 Å². The molecule has 4 atom stereocenters. The Balaban J connectivity index is 1.01. The summed E-state index contributed by atoms with van der Waals surface area (Å²) < 4.78 is 61.0. The van der Waals surface area contributed by atoms with Crippen LogP contribution in [0.4, 0.5) is 19.0 Å². The number of aryl methyl sites for hydroxylation is 1. The molecule has 2 aliphatic heterocycles. The van der Waals surface area contributed by atoms with Gasteiger partial charge in [0.2, 0.25) is 0 Å². The molecule has 5 heterocycles. The summed E-state index contributed by atoms with van der Waals surface area (Å²) in [6.07, 6.45) is 0.749. The van der Waals surface area contributed by atoms with Crippen molar-refractivity contribution in [2.45, 2.75) is 102 Å². The first-order valence-electron chi connectivity index (χ1n) is 15.2. The second kappa shape index (κ2) is 11.0. The number of hydrogen-bond donors (Lipinski definition) is 2. The van der Waals surface area contributed by atoms with Crippen LogP contribution in [0, 0.1) is 5.92 Å². The van der Waals surface area contributed by atoms with Crippen LogP contribution < -0.4 is 5.73 Å². The number of H-pyrrole nitrogens is 1. The molecule has 1 aliphatic carbocycles. The lowest BCUT2D eigenvalue weighted by Gasteiger charge is -2.46. The second-order valence-electron chi connectivity index (χ2n) is 13.1. The van der Waals surface area contributed by atoms with Crippen molar-refractivity contribution in [3.63, 3.8) is 0 Å². The van der Waals surface area contributed by atoms with Crippen molar-refractivity contribution in [1.82, 2.24) is 34.4 Å². The molecule has 0 spiro atoms. The minimum atomic E-state index is -4.52. The van der Waals surface area contributed by atoms with E-state index in [1.54, 1.807) is 6.33 Å². The Morgan fingerprint density at radius 1 is 1.16 bits per heavy atom. The second-order valence-corrected chi connectivity index (χ2v) is 13.5. The molecule has 11 nitrogen and oxygen atoms in total. The van der Waals surface area contributed by atoms with Crippen LogP contribution >= 0.6 is 11.6 Å². The average molecular weight is 649 g/mol. The molecule has 4 aromatic rings. The molecule has 3 N–H and O–H groups in total. The van der Waals surface area contributed by atoms with Crippen molar-refractivity contribution < 1.29 is 27.4 Å². The minimum Gasteiger partial charge on any atom is -0.382 e. The van der Waals surface area contributed by atoms with Crippen LogP contribution in [-0.4, -0.2) is 77.1 Å². The van der Waals surface area contributed by atoms with Gasteiger partial charge in [-0.2, -0.15) is 13.2 Å². The third-order valence-electron chi connectivity index (χ3n) is 9.23. The fraction of sp³-hybridized carbons (Fsp3) is 0.600. The number of nitrogens with one attached hydrogen (secondary N) is 1. The Morgan fingerprint density at radius 2 is 1.91 bits per heavy atom. The number of aromatic nitrogens is 6. The number of hydrogen-bond acceptors (Lipinski definition) is 9. The number of benzene rings is 1. The fourth-order valence-electron chi connectivity index (χ4n) is 7.04. The molecule has 3 aromatic heterocycles. The molecule has 1 aromatic carbocycles. The Morgan fingerprint density at radius 3 is 2.64 bits per heavy atom. The van der Waals surface area contributed by atoms with E-state index in [1.807, 2.05) is 18.4 Å². The van der Waals surface area contributed by atoms with Gasteiger partial charge >= 0.3 is 6.18 Å². The van der Waals surface area contributed by atoms with Gasteiger partial charge in [0, 0.05) is 25.0 Å². The Labute approximate surface area is 262 Å². The molecule has 1 saturated carbocycles. The van der Waals surface area contributed by atoms with Crippen molar-refractivity contribution in [2.75, 3.05) is 12.3 Å². The molecular formula is C30H36ClF3N8O3. The Hall–Kier alpha value is -3.04. The summed E-state index contributed by atoms with van der Waals surface area (Å²) in [7, 11) is 0. The van der Waals surface area contributed by atoms with Gasteiger partial charge in [0.1, 0.15) is 36.0 Å². The molecule has 0 bridgehead atoms. The average Bonchev–Trinajstić information content (AvgIpc) is 3.67. The molecule has 7 rings (SSSR count). The maximum atomic E-state index is 13.3. The Kier molecular flexibility index (Phi) is 7.51. The van der Waals surface area contributed by atoms with E-state index in [0.29, 0.717) is 58.8 Å². The van der Waals surface area contributed by atoms with Crippen LogP contribution in [0.25, 0.3) is 22.2 Å². The van der Waals surface area contributed by atoms with Crippen molar-refractivity contribution >= 4 is 39.6 Å². The van der Waals surface area contributed by atoms with Crippen LogP contribution in [0.15, 0.2) is 24.8 Å². The Bertz CT molecular complexity index is 1720. The first kappa shape index (κ1) is 30.6. The topological polar surface area (TPSA) is 129 Å². The van der Waals surface area contributed by atoms with Crippen LogP contribution in [0.3, 0.4) is 0 Å². The summed E-state index contributed by atoms with van der Waals surface area (Å²) in [4.78, 5) is 22.9. The van der Waals surface area contributed by atoms with E-state index in [1.165, 1.54) is 12.4 Å². The molecule has 3 aliphatic rings. The maximum absolute atomic E-state index is 13.3. The van der Waals surface area contributed by atoms with Crippen molar-refractivity contribution in [2.24, 2.45) is 5.92 Å². The van der Waals surface area contributed by atoms with E-state index >= 15 is 0 Å². The van der Waals surface area contributed by atoms with Gasteiger partial charge in [0.25, 0.3) is 0 Å². The number of fused-ring (bicyclic) bond motifs is 3. The lowest BCUT2D eigenvalue weighted by Crippen LogP contribution is -2.52. The molecule has 3 fully saturated rings. The standard InChI is InChI=1S/C30H36ClF3N8O3/c1-14(2)41(16-7-15(8-16)5-6-22-39-19-9-17(30(32,33)34)18(31)10-20(19)40-22)11-21-24-25(45-29(3,4)44-24)28(43-21)42-13-38-23-26(35)36-12-37-27(23)42/h9-10,12-16,21,24-25,28H,5-8,11H2,1-4H3,(H,39,40)(H2,35,36,37)/t15?,16?,21-,24-,25-,28-/m1/s1.